The third-order valence-electron chi connectivity index (χ3n) is 3.04. The standard InChI is InChI=1S/C12H14FNO2/c13-11-4-2-1-3-10(11)8-5-9(12(15)16)7-14-6-8/h1-4,8-9,14H,5-7H2,(H,15,16)/t8-,9-/m1/s1. The fourth-order valence-corrected chi connectivity index (χ4v) is 2.17. The van der Waals surface area contributed by atoms with Gasteiger partial charge in [-0.3, -0.25) is 4.79 Å². The van der Waals surface area contributed by atoms with Crippen molar-refractivity contribution in [3.8, 4) is 0 Å². The molecule has 2 atom stereocenters. The normalized spacial score (nSPS) is 25.3. The SMILES string of the molecule is O=C(O)[C@H]1CNC[C@H](c2ccccc2F)C1. The number of piperidine rings is 1. The van der Waals surface area contributed by atoms with Crippen molar-refractivity contribution in [3.05, 3.63) is 35.6 Å². The molecule has 3 nitrogen and oxygen atoms in total. The first kappa shape index (κ1) is 11.1. The molecule has 0 bridgehead atoms. The molecule has 1 saturated heterocycles. The summed E-state index contributed by atoms with van der Waals surface area (Å²) < 4.78 is 13.5. The molecule has 1 heterocycles. The van der Waals surface area contributed by atoms with Crippen molar-refractivity contribution in [3.63, 3.8) is 0 Å². The van der Waals surface area contributed by atoms with Crippen LogP contribution in [0.5, 0.6) is 0 Å². The quantitative estimate of drug-likeness (QED) is 0.800. The molecular formula is C12H14FNO2. The predicted octanol–water partition coefficient (Wildman–Crippen LogP) is 1.60. The van der Waals surface area contributed by atoms with Crippen LogP contribution in [0.2, 0.25) is 0 Å². The lowest BCUT2D eigenvalue weighted by Gasteiger charge is -2.28. The van der Waals surface area contributed by atoms with Crippen molar-refractivity contribution < 1.29 is 14.3 Å². The number of halogens is 1. The molecule has 0 radical (unpaired) electrons. The zero-order valence-electron chi connectivity index (χ0n) is 8.82. The third kappa shape index (κ3) is 2.22. The molecule has 2 N–H and O–H groups in total. The van der Waals surface area contributed by atoms with E-state index in [2.05, 4.69) is 5.32 Å². The van der Waals surface area contributed by atoms with E-state index in [4.69, 9.17) is 5.11 Å². The van der Waals surface area contributed by atoms with Crippen LogP contribution in [0.1, 0.15) is 17.9 Å². The first-order chi connectivity index (χ1) is 7.68. The molecule has 1 aromatic carbocycles. The maximum atomic E-state index is 13.5. The minimum atomic E-state index is -0.812. The van der Waals surface area contributed by atoms with Crippen molar-refractivity contribution in [2.75, 3.05) is 13.1 Å². The van der Waals surface area contributed by atoms with E-state index in [1.807, 2.05) is 0 Å². The monoisotopic (exact) mass is 223 g/mol. The Bertz CT molecular complexity index is 394. The van der Waals surface area contributed by atoms with E-state index in [9.17, 15) is 9.18 Å². The number of carboxylic acid groups (broad SMARTS) is 1. The Hall–Kier alpha value is -1.42. The van der Waals surface area contributed by atoms with Crippen LogP contribution in [0.3, 0.4) is 0 Å². The maximum absolute atomic E-state index is 13.5. The summed E-state index contributed by atoms with van der Waals surface area (Å²) in [5.74, 6) is -1.52. The van der Waals surface area contributed by atoms with Gasteiger partial charge >= 0.3 is 5.97 Å². The van der Waals surface area contributed by atoms with E-state index >= 15 is 0 Å². The average molecular weight is 223 g/mol. The van der Waals surface area contributed by atoms with Crippen LogP contribution in [0.25, 0.3) is 0 Å². The van der Waals surface area contributed by atoms with Crippen molar-refractivity contribution in [2.45, 2.75) is 12.3 Å². The van der Waals surface area contributed by atoms with Gasteiger partial charge in [-0.25, -0.2) is 4.39 Å². The molecule has 4 heteroatoms. The van der Waals surface area contributed by atoms with Crippen LogP contribution in [-0.2, 0) is 4.79 Å². The lowest BCUT2D eigenvalue weighted by Crippen LogP contribution is -2.38. The van der Waals surface area contributed by atoms with Crippen LogP contribution in [0.4, 0.5) is 4.39 Å². The molecular weight excluding hydrogens is 209 g/mol. The first-order valence-electron chi connectivity index (χ1n) is 5.36. The average Bonchev–Trinajstić information content (AvgIpc) is 2.30. The number of carbonyl (C=O) groups is 1. The lowest BCUT2D eigenvalue weighted by molar-refractivity contribution is -0.142. The minimum absolute atomic E-state index is 0.0453. The van der Waals surface area contributed by atoms with Crippen molar-refractivity contribution in [1.29, 1.82) is 0 Å². The molecule has 0 saturated carbocycles. The number of aliphatic carboxylic acids is 1. The van der Waals surface area contributed by atoms with Gasteiger partial charge < -0.3 is 10.4 Å². The van der Waals surface area contributed by atoms with Gasteiger partial charge in [-0.15, -0.1) is 0 Å². The van der Waals surface area contributed by atoms with Gasteiger partial charge in [0, 0.05) is 19.0 Å². The van der Waals surface area contributed by atoms with E-state index in [1.165, 1.54) is 6.07 Å². The molecule has 1 aliphatic heterocycles. The summed E-state index contributed by atoms with van der Waals surface area (Å²) >= 11 is 0. The highest BCUT2D eigenvalue weighted by Gasteiger charge is 2.28. The Morgan fingerprint density at radius 1 is 1.38 bits per heavy atom. The molecule has 0 unspecified atom stereocenters. The van der Waals surface area contributed by atoms with E-state index in [0.717, 1.165) is 0 Å². The van der Waals surface area contributed by atoms with E-state index in [1.54, 1.807) is 18.2 Å². The van der Waals surface area contributed by atoms with Crippen LogP contribution in [0.15, 0.2) is 24.3 Å². The summed E-state index contributed by atoms with van der Waals surface area (Å²) in [6, 6.07) is 6.57. The highest BCUT2D eigenvalue weighted by atomic mass is 19.1. The Morgan fingerprint density at radius 2 is 2.12 bits per heavy atom. The van der Waals surface area contributed by atoms with Gasteiger partial charge in [0.25, 0.3) is 0 Å². The Balaban J connectivity index is 2.16. The molecule has 0 spiro atoms. The zero-order valence-corrected chi connectivity index (χ0v) is 8.82. The fraction of sp³-hybridized carbons (Fsp3) is 0.417. The molecule has 2 rings (SSSR count). The number of hydrogen-bond acceptors (Lipinski definition) is 2. The summed E-state index contributed by atoms with van der Waals surface area (Å²) in [7, 11) is 0. The van der Waals surface area contributed by atoms with Gasteiger partial charge in [-0.1, -0.05) is 18.2 Å². The first-order valence-corrected chi connectivity index (χ1v) is 5.36. The fourth-order valence-electron chi connectivity index (χ4n) is 2.17. The number of benzene rings is 1. The molecule has 86 valence electrons. The second-order valence-electron chi connectivity index (χ2n) is 4.15. The molecule has 16 heavy (non-hydrogen) atoms. The van der Waals surface area contributed by atoms with Crippen LogP contribution >= 0.6 is 0 Å². The lowest BCUT2D eigenvalue weighted by atomic mass is 9.85. The van der Waals surface area contributed by atoms with Gasteiger partial charge in [0.1, 0.15) is 5.82 Å². The second kappa shape index (κ2) is 4.61. The van der Waals surface area contributed by atoms with Crippen LogP contribution < -0.4 is 5.32 Å². The summed E-state index contributed by atoms with van der Waals surface area (Å²) in [6.45, 7) is 1.12. The van der Waals surface area contributed by atoms with E-state index < -0.39 is 11.9 Å². The van der Waals surface area contributed by atoms with Crippen LogP contribution in [0, 0.1) is 11.7 Å². The highest BCUT2D eigenvalue weighted by molar-refractivity contribution is 5.70. The van der Waals surface area contributed by atoms with Gasteiger partial charge in [-0.2, -0.15) is 0 Å². The topological polar surface area (TPSA) is 49.3 Å². The van der Waals surface area contributed by atoms with Crippen molar-refractivity contribution in [2.24, 2.45) is 5.92 Å². The smallest absolute Gasteiger partial charge is 0.307 e. The Morgan fingerprint density at radius 3 is 2.81 bits per heavy atom. The predicted molar refractivity (Wildman–Crippen MR) is 57.8 cm³/mol. The van der Waals surface area contributed by atoms with Gasteiger partial charge in [0.05, 0.1) is 5.92 Å². The zero-order chi connectivity index (χ0) is 11.5. The summed E-state index contributed by atoms with van der Waals surface area (Å²) in [6.07, 6.45) is 0.503. The van der Waals surface area contributed by atoms with E-state index in [-0.39, 0.29) is 11.7 Å². The molecule has 1 aromatic rings. The molecule has 0 aliphatic carbocycles. The Labute approximate surface area is 93.3 Å². The molecule has 1 aliphatic rings. The van der Waals surface area contributed by atoms with Crippen LogP contribution in [-0.4, -0.2) is 24.2 Å². The van der Waals surface area contributed by atoms with Gasteiger partial charge in [0.2, 0.25) is 0 Å². The number of nitrogens with one attached hydrogen (secondary N) is 1. The molecule has 1 fully saturated rings. The van der Waals surface area contributed by atoms with Crippen molar-refractivity contribution >= 4 is 5.97 Å². The second-order valence-corrected chi connectivity index (χ2v) is 4.15. The molecule has 0 aromatic heterocycles. The summed E-state index contributed by atoms with van der Waals surface area (Å²) in [5, 5.41) is 12.0. The van der Waals surface area contributed by atoms with E-state index in [0.29, 0.717) is 25.1 Å². The van der Waals surface area contributed by atoms with Crippen molar-refractivity contribution in [1.82, 2.24) is 5.32 Å². The number of rotatable bonds is 2. The minimum Gasteiger partial charge on any atom is -0.481 e. The van der Waals surface area contributed by atoms with Gasteiger partial charge in [0.15, 0.2) is 0 Å². The Kier molecular flexibility index (Phi) is 3.19. The summed E-state index contributed by atoms with van der Waals surface area (Å²) in [4.78, 5) is 10.9. The third-order valence-corrected chi connectivity index (χ3v) is 3.04. The van der Waals surface area contributed by atoms with Gasteiger partial charge in [-0.05, 0) is 18.1 Å². The largest absolute Gasteiger partial charge is 0.481 e. The highest BCUT2D eigenvalue weighted by Crippen LogP contribution is 2.28. The summed E-state index contributed by atoms with van der Waals surface area (Å²) in [5.41, 5.74) is 0.612. The number of hydrogen-bond donors (Lipinski definition) is 2. The molecule has 0 amide bonds. The number of carboxylic acids is 1. The maximum Gasteiger partial charge on any atom is 0.307 e.